The highest BCUT2D eigenvalue weighted by molar-refractivity contribution is 5.94. The first-order chi connectivity index (χ1) is 15.5. The minimum Gasteiger partial charge on any atom is -0.342 e. The maximum absolute atomic E-state index is 13.5. The van der Waals surface area contributed by atoms with Gasteiger partial charge in [-0.15, -0.1) is 0 Å². The molecule has 32 heavy (non-hydrogen) atoms. The number of hydrogen-bond acceptors (Lipinski definition) is 3. The van der Waals surface area contributed by atoms with Crippen LogP contribution in [0.1, 0.15) is 51.8 Å². The number of carbonyl (C=O) groups is 2. The molecule has 1 saturated heterocycles. The van der Waals surface area contributed by atoms with Crippen LogP contribution in [0.15, 0.2) is 54.6 Å². The van der Waals surface area contributed by atoms with Crippen LogP contribution >= 0.6 is 0 Å². The number of rotatable bonds is 8. The van der Waals surface area contributed by atoms with Gasteiger partial charge in [0.15, 0.2) is 0 Å². The summed E-state index contributed by atoms with van der Waals surface area (Å²) in [5.41, 5.74) is 2.69. The molecule has 2 aromatic carbocycles. The Kier molecular flexibility index (Phi) is 6.58. The van der Waals surface area contributed by atoms with Crippen LogP contribution in [0, 0.1) is 0 Å². The fraction of sp³-hybridized carbons (Fsp3) is 0.423. The Bertz CT molecular complexity index is 1090. The Hall–Kier alpha value is -3.15. The third kappa shape index (κ3) is 4.40. The largest absolute Gasteiger partial charge is 0.342 e. The van der Waals surface area contributed by atoms with Crippen molar-refractivity contribution in [2.75, 3.05) is 18.0 Å². The van der Waals surface area contributed by atoms with Crippen molar-refractivity contribution in [1.82, 2.24) is 14.5 Å². The molecule has 1 aliphatic rings. The molecule has 6 nitrogen and oxygen atoms in total. The van der Waals surface area contributed by atoms with Gasteiger partial charge in [-0.2, -0.15) is 0 Å². The van der Waals surface area contributed by atoms with Crippen LogP contribution in [-0.2, 0) is 16.1 Å². The molecule has 0 saturated carbocycles. The van der Waals surface area contributed by atoms with Gasteiger partial charge in [-0.25, -0.2) is 4.98 Å². The molecule has 0 aliphatic carbocycles. The van der Waals surface area contributed by atoms with Gasteiger partial charge in [-0.05, 0) is 44.5 Å². The molecule has 168 valence electrons. The number of unbranched alkanes of at least 4 members (excludes halogenated alkanes) is 1. The van der Waals surface area contributed by atoms with E-state index in [1.54, 1.807) is 0 Å². The number of para-hydroxylation sites is 3. The Morgan fingerprint density at radius 2 is 1.84 bits per heavy atom. The first-order valence-corrected chi connectivity index (χ1v) is 11.6. The topological polar surface area (TPSA) is 58.4 Å². The lowest BCUT2D eigenvalue weighted by Crippen LogP contribution is -2.39. The molecule has 3 aromatic rings. The second-order valence-corrected chi connectivity index (χ2v) is 8.83. The van der Waals surface area contributed by atoms with Crippen LogP contribution in [0.25, 0.3) is 11.0 Å². The average Bonchev–Trinajstić information content (AvgIpc) is 3.33. The molecule has 6 heteroatoms. The lowest BCUT2D eigenvalue weighted by molar-refractivity contribution is -0.127. The summed E-state index contributed by atoms with van der Waals surface area (Å²) >= 11 is 0. The Morgan fingerprint density at radius 3 is 2.56 bits per heavy atom. The monoisotopic (exact) mass is 432 g/mol. The van der Waals surface area contributed by atoms with E-state index in [1.165, 1.54) is 0 Å². The normalized spacial score (nSPS) is 16.3. The molecule has 0 bridgehead atoms. The molecule has 1 aliphatic heterocycles. The van der Waals surface area contributed by atoms with E-state index in [2.05, 4.69) is 6.92 Å². The van der Waals surface area contributed by atoms with E-state index in [9.17, 15) is 9.59 Å². The number of nitrogens with zero attached hydrogens (tertiary/aromatic N) is 4. The summed E-state index contributed by atoms with van der Waals surface area (Å²) < 4.78 is 2.03. The second kappa shape index (κ2) is 9.55. The predicted molar refractivity (Wildman–Crippen MR) is 128 cm³/mol. The molecule has 2 heterocycles. The molecule has 1 aromatic heterocycles. The highest BCUT2D eigenvalue weighted by Gasteiger charge is 2.34. The molecule has 4 rings (SSSR count). The second-order valence-electron chi connectivity index (χ2n) is 8.83. The van der Waals surface area contributed by atoms with Gasteiger partial charge < -0.3 is 14.4 Å². The van der Waals surface area contributed by atoms with E-state index in [1.807, 2.05) is 82.8 Å². The van der Waals surface area contributed by atoms with Gasteiger partial charge >= 0.3 is 0 Å². The molecular formula is C26H32N4O2. The van der Waals surface area contributed by atoms with Crippen molar-refractivity contribution >= 4 is 28.5 Å². The number of fused-ring (bicyclic) bond motifs is 1. The summed E-state index contributed by atoms with van der Waals surface area (Å²) in [6.45, 7) is 7.85. The SMILES string of the molecule is CCCCN1CC(c2nc3ccccc3n2CC(=O)N(c2ccccc2)C(C)C)CC1=O. The van der Waals surface area contributed by atoms with Crippen molar-refractivity contribution in [1.29, 1.82) is 0 Å². The van der Waals surface area contributed by atoms with Gasteiger partial charge in [-0.1, -0.05) is 43.7 Å². The van der Waals surface area contributed by atoms with Gasteiger partial charge in [0.2, 0.25) is 11.8 Å². The highest BCUT2D eigenvalue weighted by Crippen LogP contribution is 2.31. The third-order valence-electron chi connectivity index (χ3n) is 6.16. The first kappa shape index (κ1) is 22.1. The summed E-state index contributed by atoms with van der Waals surface area (Å²) in [5, 5.41) is 0. The van der Waals surface area contributed by atoms with Crippen molar-refractivity contribution in [2.24, 2.45) is 0 Å². The van der Waals surface area contributed by atoms with Gasteiger partial charge in [-0.3, -0.25) is 9.59 Å². The summed E-state index contributed by atoms with van der Waals surface area (Å²) in [6, 6.07) is 17.7. The van der Waals surface area contributed by atoms with Crippen molar-refractivity contribution in [2.45, 2.75) is 58.5 Å². The van der Waals surface area contributed by atoms with E-state index in [4.69, 9.17) is 4.98 Å². The van der Waals surface area contributed by atoms with E-state index in [-0.39, 0.29) is 30.3 Å². The zero-order valence-corrected chi connectivity index (χ0v) is 19.2. The number of aromatic nitrogens is 2. The fourth-order valence-corrected chi connectivity index (χ4v) is 4.61. The van der Waals surface area contributed by atoms with E-state index >= 15 is 0 Å². The lowest BCUT2D eigenvalue weighted by Gasteiger charge is -2.27. The fourth-order valence-electron chi connectivity index (χ4n) is 4.61. The zero-order valence-electron chi connectivity index (χ0n) is 19.2. The average molecular weight is 433 g/mol. The minimum absolute atomic E-state index is 0.00350. The van der Waals surface area contributed by atoms with Gasteiger partial charge in [0.05, 0.1) is 11.0 Å². The predicted octanol–water partition coefficient (Wildman–Crippen LogP) is 4.59. The quantitative estimate of drug-likeness (QED) is 0.523. The molecule has 1 unspecified atom stereocenters. The van der Waals surface area contributed by atoms with Crippen molar-refractivity contribution < 1.29 is 9.59 Å². The van der Waals surface area contributed by atoms with E-state index in [0.29, 0.717) is 13.0 Å². The number of imidazole rings is 1. The maximum atomic E-state index is 13.5. The smallest absolute Gasteiger partial charge is 0.247 e. The van der Waals surface area contributed by atoms with Gasteiger partial charge in [0.1, 0.15) is 12.4 Å². The van der Waals surface area contributed by atoms with E-state index < -0.39 is 0 Å². The molecule has 1 fully saturated rings. The maximum Gasteiger partial charge on any atom is 0.247 e. The standard InChI is InChI=1S/C26H32N4O2/c1-4-5-15-28-17-20(16-24(28)31)26-27-22-13-9-10-14-23(22)29(26)18-25(32)30(19(2)3)21-11-7-6-8-12-21/h6-14,19-20H,4-5,15-18H2,1-3H3. The third-order valence-corrected chi connectivity index (χ3v) is 6.16. The molecule has 2 amide bonds. The zero-order chi connectivity index (χ0) is 22.7. The summed E-state index contributed by atoms with van der Waals surface area (Å²) in [4.78, 5) is 34.8. The Labute approximate surface area is 189 Å². The van der Waals surface area contributed by atoms with Crippen LogP contribution in [-0.4, -0.2) is 45.4 Å². The molecule has 0 N–H and O–H groups in total. The van der Waals surface area contributed by atoms with Crippen molar-refractivity contribution in [3.63, 3.8) is 0 Å². The highest BCUT2D eigenvalue weighted by atomic mass is 16.2. The van der Waals surface area contributed by atoms with Crippen molar-refractivity contribution in [3.05, 3.63) is 60.4 Å². The number of carbonyl (C=O) groups excluding carboxylic acids is 2. The van der Waals surface area contributed by atoms with Crippen molar-refractivity contribution in [3.8, 4) is 0 Å². The van der Waals surface area contributed by atoms with E-state index in [0.717, 1.165) is 41.9 Å². The number of anilines is 1. The van der Waals surface area contributed by atoms with Gasteiger partial charge in [0.25, 0.3) is 0 Å². The van der Waals surface area contributed by atoms with Gasteiger partial charge in [0, 0.05) is 37.2 Å². The summed E-state index contributed by atoms with van der Waals surface area (Å²) in [7, 11) is 0. The Balaban J connectivity index is 1.66. The van der Waals surface area contributed by atoms with Crippen LogP contribution in [0.4, 0.5) is 5.69 Å². The summed E-state index contributed by atoms with van der Waals surface area (Å²) in [5.74, 6) is 1.04. The molecular weight excluding hydrogens is 400 g/mol. The molecule has 0 radical (unpaired) electrons. The molecule has 1 atom stereocenters. The lowest BCUT2D eigenvalue weighted by atomic mass is 10.1. The molecule has 0 spiro atoms. The number of hydrogen-bond donors (Lipinski definition) is 0. The number of amides is 2. The number of benzene rings is 2. The van der Waals surface area contributed by atoms with Crippen LogP contribution < -0.4 is 4.90 Å². The van der Waals surface area contributed by atoms with Crippen LogP contribution in [0.2, 0.25) is 0 Å². The Morgan fingerprint density at radius 1 is 1.12 bits per heavy atom. The summed E-state index contributed by atoms with van der Waals surface area (Å²) in [6.07, 6.45) is 2.52. The minimum atomic E-state index is 0.00350. The van der Waals surface area contributed by atoms with Crippen LogP contribution in [0.5, 0.6) is 0 Å². The van der Waals surface area contributed by atoms with Crippen LogP contribution in [0.3, 0.4) is 0 Å². The number of likely N-dealkylation sites (tertiary alicyclic amines) is 1. The first-order valence-electron chi connectivity index (χ1n) is 11.6.